The van der Waals surface area contributed by atoms with Crippen molar-refractivity contribution in [1.29, 1.82) is 0 Å². The highest BCUT2D eigenvalue weighted by Crippen LogP contribution is 2.51. The molecule has 1 fully saturated rings. The van der Waals surface area contributed by atoms with Crippen LogP contribution in [0.2, 0.25) is 0 Å². The summed E-state index contributed by atoms with van der Waals surface area (Å²) in [6.07, 6.45) is -0.410. The Morgan fingerprint density at radius 2 is 1.36 bits per heavy atom. The van der Waals surface area contributed by atoms with Gasteiger partial charge in [-0.3, -0.25) is 14.4 Å². The van der Waals surface area contributed by atoms with Gasteiger partial charge in [0.2, 0.25) is 11.8 Å². The van der Waals surface area contributed by atoms with Gasteiger partial charge in [0.15, 0.2) is 0 Å². The van der Waals surface area contributed by atoms with E-state index in [1.165, 1.54) is 14.0 Å². The molecule has 0 spiro atoms. The Balaban J connectivity index is 1.69. The van der Waals surface area contributed by atoms with Gasteiger partial charge in [-0.05, 0) is 61.9 Å². The second-order valence-corrected chi connectivity index (χ2v) is 11.2. The lowest BCUT2D eigenvalue weighted by molar-refractivity contribution is -0.150. The molecule has 4 aromatic carbocycles. The summed E-state index contributed by atoms with van der Waals surface area (Å²) in [5.41, 5.74) is -0.522. The molecule has 1 saturated carbocycles. The highest BCUT2D eigenvalue weighted by Gasteiger charge is 2.57. The van der Waals surface area contributed by atoms with Gasteiger partial charge in [-0.25, -0.2) is 0 Å². The van der Waals surface area contributed by atoms with Crippen molar-refractivity contribution in [3.05, 3.63) is 90.5 Å². The first-order chi connectivity index (χ1) is 21.7. The van der Waals surface area contributed by atoms with E-state index in [9.17, 15) is 19.5 Å². The van der Waals surface area contributed by atoms with E-state index in [1.54, 1.807) is 54.6 Å². The molecule has 0 bridgehead atoms. The summed E-state index contributed by atoms with van der Waals surface area (Å²) in [5.74, 6) is -4.08. The predicted octanol–water partition coefficient (Wildman–Crippen LogP) is 5.96. The number of amides is 2. The average Bonchev–Trinajstić information content (AvgIpc) is 3.01. The summed E-state index contributed by atoms with van der Waals surface area (Å²) in [7, 11) is 1.50. The molecule has 4 atom stereocenters. The number of carbonyl (C=O) groups is 3. The Morgan fingerprint density at radius 1 is 0.800 bits per heavy atom. The van der Waals surface area contributed by atoms with Crippen LogP contribution in [0.25, 0.3) is 10.8 Å². The number of benzene rings is 4. The molecule has 0 heterocycles. The molecule has 4 aromatic rings. The van der Waals surface area contributed by atoms with Crippen LogP contribution in [0.5, 0.6) is 17.2 Å². The lowest BCUT2D eigenvalue weighted by Crippen LogP contribution is -2.56. The highest BCUT2D eigenvalue weighted by atomic mass is 16.5. The van der Waals surface area contributed by atoms with Gasteiger partial charge in [0, 0.05) is 17.9 Å². The van der Waals surface area contributed by atoms with E-state index in [0.717, 1.165) is 5.39 Å². The van der Waals surface area contributed by atoms with E-state index in [4.69, 9.17) is 14.2 Å². The second kappa shape index (κ2) is 13.4. The van der Waals surface area contributed by atoms with Gasteiger partial charge < -0.3 is 30.0 Å². The van der Waals surface area contributed by atoms with Crippen LogP contribution in [0.1, 0.15) is 38.7 Å². The number of rotatable bonds is 10. The molecular formula is C36H38N2O7. The molecule has 45 heavy (non-hydrogen) atoms. The van der Waals surface area contributed by atoms with E-state index in [1.807, 2.05) is 44.2 Å². The lowest BCUT2D eigenvalue weighted by Gasteiger charge is -2.45. The molecule has 0 aliphatic heterocycles. The van der Waals surface area contributed by atoms with E-state index in [-0.39, 0.29) is 0 Å². The van der Waals surface area contributed by atoms with Crippen molar-refractivity contribution in [2.45, 2.75) is 38.7 Å². The summed E-state index contributed by atoms with van der Waals surface area (Å²) in [6, 6.07) is 25.1. The molecule has 1 aliphatic rings. The number of ketones is 1. The van der Waals surface area contributed by atoms with Crippen LogP contribution in [0.15, 0.2) is 84.9 Å². The lowest BCUT2D eigenvalue weighted by atomic mass is 9.60. The van der Waals surface area contributed by atoms with Gasteiger partial charge >= 0.3 is 0 Å². The number of methoxy groups -OCH3 is 1. The molecule has 0 aromatic heterocycles. The number of para-hydroxylation sites is 4. The number of fused-ring (bicyclic) bond motifs is 1. The number of anilines is 2. The third-order valence-electron chi connectivity index (χ3n) is 8.21. The molecule has 3 N–H and O–H groups in total. The number of hydrogen-bond donors (Lipinski definition) is 3. The van der Waals surface area contributed by atoms with E-state index >= 15 is 0 Å². The normalized spacial score (nSPS) is 21.2. The minimum absolute atomic E-state index is 0.374. The number of Topliss-reactive ketones (excluding diaryl/α,β-unsaturated/α-hetero) is 1. The summed E-state index contributed by atoms with van der Waals surface area (Å²) in [6.45, 7) is 5.89. The van der Waals surface area contributed by atoms with Crippen LogP contribution >= 0.6 is 0 Å². The maximum absolute atomic E-state index is 14.4. The largest absolute Gasteiger partial charge is 0.496 e. The Kier molecular flexibility index (Phi) is 9.39. The topological polar surface area (TPSA) is 123 Å². The van der Waals surface area contributed by atoms with Crippen molar-refractivity contribution in [3.8, 4) is 17.2 Å². The average molecular weight is 611 g/mol. The Morgan fingerprint density at radius 3 is 1.96 bits per heavy atom. The quantitative estimate of drug-likeness (QED) is 0.189. The molecular weight excluding hydrogens is 572 g/mol. The summed E-state index contributed by atoms with van der Waals surface area (Å²) < 4.78 is 17.2. The van der Waals surface area contributed by atoms with E-state index in [0.29, 0.717) is 52.8 Å². The van der Waals surface area contributed by atoms with Gasteiger partial charge in [0.05, 0.1) is 43.2 Å². The Labute approximate surface area is 262 Å². The number of nitrogens with one attached hydrogen (secondary N) is 2. The summed E-state index contributed by atoms with van der Waals surface area (Å²) >= 11 is 0. The smallest absolute Gasteiger partial charge is 0.235 e. The first kappa shape index (κ1) is 31.5. The molecule has 5 rings (SSSR count). The maximum atomic E-state index is 14.4. The third-order valence-corrected chi connectivity index (χ3v) is 8.21. The molecule has 1 aliphatic carbocycles. The van der Waals surface area contributed by atoms with Gasteiger partial charge in [0.1, 0.15) is 28.9 Å². The fraction of sp³-hybridized carbons (Fsp3) is 0.306. The van der Waals surface area contributed by atoms with Gasteiger partial charge in [0.25, 0.3) is 0 Å². The minimum Gasteiger partial charge on any atom is -0.496 e. The second-order valence-electron chi connectivity index (χ2n) is 11.2. The molecule has 2 amide bonds. The fourth-order valence-corrected chi connectivity index (χ4v) is 6.36. The Hall–Kier alpha value is -4.89. The third kappa shape index (κ3) is 6.35. The van der Waals surface area contributed by atoms with Crippen molar-refractivity contribution in [2.75, 3.05) is 31.0 Å². The molecule has 0 saturated heterocycles. The number of aliphatic hydroxyl groups is 1. The molecule has 9 heteroatoms. The molecule has 0 radical (unpaired) electrons. The zero-order valence-corrected chi connectivity index (χ0v) is 25.8. The van der Waals surface area contributed by atoms with Crippen LogP contribution in [-0.2, 0) is 14.4 Å². The Bertz CT molecular complexity index is 1720. The van der Waals surface area contributed by atoms with Crippen LogP contribution < -0.4 is 24.8 Å². The zero-order chi connectivity index (χ0) is 32.1. The van der Waals surface area contributed by atoms with Gasteiger partial charge in [-0.15, -0.1) is 0 Å². The summed E-state index contributed by atoms with van der Waals surface area (Å²) in [4.78, 5) is 42.7. The number of carbonyl (C=O) groups excluding carboxylic acids is 3. The van der Waals surface area contributed by atoms with Crippen LogP contribution in [0.4, 0.5) is 11.4 Å². The van der Waals surface area contributed by atoms with Gasteiger partial charge in [-0.2, -0.15) is 0 Å². The van der Waals surface area contributed by atoms with Crippen molar-refractivity contribution < 1.29 is 33.7 Å². The number of ether oxygens (including phenoxy) is 3. The van der Waals surface area contributed by atoms with Crippen molar-refractivity contribution in [1.82, 2.24) is 0 Å². The first-order valence-corrected chi connectivity index (χ1v) is 15.1. The SMILES string of the molecule is CCOc1ccccc1NC(=O)C1C(=O)CC(C)(O)C(C(=O)Nc2ccccc2OCC)C1c1c(OC)ccc2ccccc12. The fourth-order valence-electron chi connectivity index (χ4n) is 6.36. The maximum Gasteiger partial charge on any atom is 0.235 e. The minimum atomic E-state index is -1.81. The molecule has 234 valence electrons. The highest BCUT2D eigenvalue weighted by molar-refractivity contribution is 6.11. The zero-order valence-electron chi connectivity index (χ0n) is 25.8. The van der Waals surface area contributed by atoms with Crippen molar-refractivity contribution in [2.24, 2.45) is 11.8 Å². The van der Waals surface area contributed by atoms with Crippen LogP contribution in [0.3, 0.4) is 0 Å². The molecule has 9 nitrogen and oxygen atoms in total. The summed E-state index contributed by atoms with van der Waals surface area (Å²) in [5, 5.41) is 19.2. The van der Waals surface area contributed by atoms with Gasteiger partial charge in [-0.1, -0.05) is 54.6 Å². The predicted molar refractivity (Wildman–Crippen MR) is 173 cm³/mol. The first-order valence-electron chi connectivity index (χ1n) is 15.1. The monoisotopic (exact) mass is 610 g/mol. The van der Waals surface area contributed by atoms with Crippen LogP contribution in [0, 0.1) is 11.8 Å². The molecule has 4 unspecified atom stereocenters. The van der Waals surface area contributed by atoms with Crippen LogP contribution in [-0.4, -0.2) is 48.6 Å². The standard InChI is InChI=1S/C36H38N2O7/c1-5-44-27-17-11-9-15-24(27)37-34(40)31-26(39)21-36(3,42)33(35(41)38-25-16-10-12-18-28(25)45-6-2)32(31)30-23-14-8-7-13-22(23)19-20-29(30)43-4/h7-20,31-33,42H,5-6,21H2,1-4H3,(H,37,40)(H,38,41). The van der Waals surface area contributed by atoms with Crippen molar-refractivity contribution in [3.63, 3.8) is 0 Å². The number of hydrogen-bond acceptors (Lipinski definition) is 7. The van der Waals surface area contributed by atoms with E-state index in [2.05, 4.69) is 10.6 Å². The van der Waals surface area contributed by atoms with Crippen molar-refractivity contribution >= 4 is 39.7 Å². The van der Waals surface area contributed by atoms with E-state index < -0.39 is 47.4 Å².